The molecule has 3 rings (SSSR count). The minimum Gasteiger partial charge on any atom is -0.465 e. The first-order chi connectivity index (χ1) is 13.6. The smallest absolute Gasteiger partial charge is 0.338 e. The van der Waals surface area contributed by atoms with Gasteiger partial charge in [0.2, 0.25) is 0 Å². The lowest BCUT2D eigenvalue weighted by atomic mass is 10.0. The van der Waals surface area contributed by atoms with E-state index in [1.165, 1.54) is 37.2 Å². The number of hydrogen-bond donors (Lipinski definition) is 0. The van der Waals surface area contributed by atoms with E-state index in [9.17, 15) is 14.0 Å². The molecule has 1 aromatic heterocycles. The molecule has 1 unspecified atom stereocenters. The number of carbonyl (C=O) groups is 2. The van der Waals surface area contributed by atoms with Crippen molar-refractivity contribution >= 4 is 23.5 Å². The molecular formula is C22H18FNO3S. The van der Waals surface area contributed by atoms with Crippen molar-refractivity contribution in [1.82, 2.24) is 4.98 Å². The number of hydrogen-bond acceptors (Lipinski definition) is 5. The van der Waals surface area contributed by atoms with Crippen LogP contribution < -0.4 is 0 Å². The maximum atomic E-state index is 13.4. The predicted molar refractivity (Wildman–Crippen MR) is 106 cm³/mol. The van der Waals surface area contributed by atoms with E-state index in [4.69, 9.17) is 4.74 Å². The zero-order valence-electron chi connectivity index (χ0n) is 15.2. The molecule has 1 atom stereocenters. The van der Waals surface area contributed by atoms with E-state index in [1.54, 1.807) is 42.6 Å². The van der Waals surface area contributed by atoms with Crippen molar-refractivity contribution in [3.63, 3.8) is 0 Å². The van der Waals surface area contributed by atoms with E-state index in [-0.39, 0.29) is 23.3 Å². The third-order valence-corrected chi connectivity index (χ3v) is 5.49. The summed E-state index contributed by atoms with van der Waals surface area (Å²) >= 11 is 1.38. The molecule has 0 aliphatic heterocycles. The molecule has 142 valence electrons. The third-order valence-electron chi connectivity index (χ3n) is 4.16. The van der Waals surface area contributed by atoms with Gasteiger partial charge in [-0.15, -0.1) is 11.8 Å². The van der Waals surface area contributed by atoms with E-state index in [1.807, 2.05) is 12.1 Å². The number of methoxy groups -OCH3 is 1. The third kappa shape index (κ3) is 4.84. The van der Waals surface area contributed by atoms with Gasteiger partial charge in [-0.1, -0.05) is 24.3 Å². The van der Waals surface area contributed by atoms with Gasteiger partial charge in [-0.25, -0.2) is 9.18 Å². The Morgan fingerprint density at radius 1 is 1.07 bits per heavy atom. The first-order valence-corrected chi connectivity index (χ1v) is 9.49. The maximum absolute atomic E-state index is 13.4. The molecule has 2 aromatic carbocycles. The second kappa shape index (κ2) is 9.28. The summed E-state index contributed by atoms with van der Waals surface area (Å²) in [5.41, 5.74) is 1.73. The Kier molecular flexibility index (Phi) is 6.55. The molecule has 0 fully saturated rings. The summed E-state index contributed by atoms with van der Waals surface area (Å²) in [5, 5.41) is -0.306. The molecule has 0 aliphatic rings. The first-order valence-electron chi connectivity index (χ1n) is 8.61. The van der Waals surface area contributed by atoms with E-state index < -0.39 is 5.97 Å². The second-order valence-corrected chi connectivity index (χ2v) is 7.26. The van der Waals surface area contributed by atoms with Gasteiger partial charge in [0.05, 0.1) is 12.7 Å². The fourth-order valence-corrected chi connectivity index (χ4v) is 3.99. The monoisotopic (exact) mass is 395 g/mol. The Morgan fingerprint density at radius 2 is 1.82 bits per heavy atom. The van der Waals surface area contributed by atoms with Gasteiger partial charge in [0.1, 0.15) is 5.82 Å². The van der Waals surface area contributed by atoms with Gasteiger partial charge in [0.25, 0.3) is 0 Å². The Bertz CT molecular complexity index is 961. The van der Waals surface area contributed by atoms with Crippen molar-refractivity contribution < 1.29 is 18.7 Å². The standard InChI is InChI=1S/C22H18FNO3S/c1-27-22(26)18-6-2-3-7-20(18)28-21(15-8-10-17(23)11-9-15)13-19(25)16-5-4-12-24-14-16/h2-12,14,21H,13H2,1H3. The van der Waals surface area contributed by atoms with Crippen LogP contribution in [-0.4, -0.2) is 23.8 Å². The van der Waals surface area contributed by atoms with Crippen LogP contribution in [0.1, 0.15) is 38.0 Å². The molecule has 0 saturated carbocycles. The highest BCUT2D eigenvalue weighted by Gasteiger charge is 2.22. The van der Waals surface area contributed by atoms with E-state index >= 15 is 0 Å². The van der Waals surface area contributed by atoms with Gasteiger partial charge in [-0.2, -0.15) is 0 Å². The summed E-state index contributed by atoms with van der Waals surface area (Å²) in [6.45, 7) is 0. The lowest BCUT2D eigenvalue weighted by molar-refractivity contribution is 0.0596. The van der Waals surface area contributed by atoms with E-state index in [0.29, 0.717) is 16.0 Å². The summed E-state index contributed by atoms with van der Waals surface area (Å²) in [6.07, 6.45) is 3.31. The molecule has 0 spiro atoms. The molecule has 0 aliphatic carbocycles. The molecule has 0 amide bonds. The largest absolute Gasteiger partial charge is 0.465 e. The SMILES string of the molecule is COC(=O)c1ccccc1SC(CC(=O)c1cccnc1)c1ccc(F)cc1. The molecule has 0 saturated heterocycles. The van der Waals surface area contributed by atoms with Crippen molar-refractivity contribution in [3.8, 4) is 0 Å². The van der Waals surface area contributed by atoms with Gasteiger partial charge >= 0.3 is 5.97 Å². The fourth-order valence-electron chi connectivity index (χ4n) is 2.72. The number of ketones is 1. The number of halogens is 1. The summed E-state index contributed by atoms with van der Waals surface area (Å²) in [4.78, 5) is 29.5. The van der Waals surface area contributed by atoms with Crippen LogP contribution in [-0.2, 0) is 4.74 Å². The normalized spacial score (nSPS) is 11.6. The highest BCUT2D eigenvalue weighted by atomic mass is 32.2. The molecule has 0 N–H and O–H groups in total. The number of aromatic nitrogens is 1. The Hall–Kier alpha value is -2.99. The minimum atomic E-state index is -0.445. The lowest BCUT2D eigenvalue weighted by Gasteiger charge is -2.18. The average Bonchev–Trinajstić information content (AvgIpc) is 2.74. The zero-order valence-corrected chi connectivity index (χ0v) is 16.0. The number of nitrogens with zero attached hydrogens (tertiary/aromatic N) is 1. The number of ether oxygens (including phenoxy) is 1. The average molecular weight is 395 g/mol. The quantitative estimate of drug-likeness (QED) is 0.316. The summed E-state index contributed by atoms with van der Waals surface area (Å²) in [6, 6.07) is 16.5. The zero-order chi connectivity index (χ0) is 19.9. The van der Waals surface area contributed by atoms with Crippen molar-refractivity contribution in [2.45, 2.75) is 16.6 Å². The van der Waals surface area contributed by atoms with Crippen molar-refractivity contribution in [2.24, 2.45) is 0 Å². The molecule has 6 heteroatoms. The molecule has 0 radical (unpaired) electrons. The van der Waals surface area contributed by atoms with Crippen molar-refractivity contribution in [2.75, 3.05) is 7.11 Å². The van der Waals surface area contributed by atoms with Crippen LogP contribution in [0.3, 0.4) is 0 Å². The van der Waals surface area contributed by atoms with Gasteiger partial charge in [0.15, 0.2) is 5.78 Å². The molecular weight excluding hydrogens is 377 g/mol. The number of benzene rings is 2. The van der Waals surface area contributed by atoms with E-state index in [2.05, 4.69) is 4.98 Å². The second-order valence-electron chi connectivity index (χ2n) is 6.01. The van der Waals surface area contributed by atoms with Crippen LogP contribution in [0, 0.1) is 5.82 Å². The number of pyridine rings is 1. The maximum Gasteiger partial charge on any atom is 0.338 e. The van der Waals surface area contributed by atoms with Crippen LogP contribution in [0.25, 0.3) is 0 Å². The summed E-state index contributed by atoms with van der Waals surface area (Å²) in [5.74, 6) is -0.869. The lowest BCUT2D eigenvalue weighted by Crippen LogP contribution is -2.08. The molecule has 4 nitrogen and oxygen atoms in total. The number of carbonyl (C=O) groups excluding carboxylic acids is 2. The van der Waals surface area contributed by atoms with Gasteiger partial charge in [-0.05, 0) is 42.0 Å². The first kappa shape index (κ1) is 19.8. The summed E-state index contributed by atoms with van der Waals surface area (Å²) in [7, 11) is 1.33. The van der Waals surface area contributed by atoms with Gasteiger partial charge < -0.3 is 4.74 Å². The van der Waals surface area contributed by atoms with Gasteiger partial charge in [0, 0.05) is 34.5 Å². The number of thioether (sulfide) groups is 1. The van der Waals surface area contributed by atoms with Crippen LogP contribution in [0.15, 0.2) is 78.0 Å². The van der Waals surface area contributed by atoms with Crippen molar-refractivity contribution in [1.29, 1.82) is 0 Å². The molecule has 0 bridgehead atoms. The topological polar surface area (TPSA) is 56.3 Å². The predicted octanol–water partition coefficient (Wildman–Crippen LogP) is 5.11. The summed E-state index contributed by atoms with van der Waals surface area (Å²) < 4.78 is 18.2. The highest BCUT2D eigenvalue weighted by Crippen LogP contribution is 2.40. The van der Waals surface area contributed by atoms with E-state index in [0.717, 1.165) is 5.56 Å². The number of esters is 1. The molecule has 1 heterocycles. The van der Waals surface area contributed by atoms with Gasteiger partial charge in [-0.3, -0.25) is 9.78 Å². The molecule has 28 heavy (non-hydrogen) atoms. The minimum absolute atomic E-state index is 0.0783. The Balaban J connectivity index is 1.92. The number of rotatable bonds is 7. The van der Waals surface area contributed by atoms with Crippen LogP contribution in [0.2, 0.25) is 0 Å². The van der Waals surface area contributed by atoms with Crippen LogP contribution >= 0.6 is 11.8 Å². The molecule has 3 aromatic rings. The fraction of sp³-hybridized carbons (Fsp3) is 0.136. The Labute approximate surface area is 166 Å². The van der Waals surface area contributed by atoms with Crippen LogP contribution in [0.4, 0.5) is 4.39 Å². The highest BCUT2D eigenvalue weighted by molar-refractivity contribution is 7.99. The van der Waals surface area contributed by atoms with Crippen LogP contribution in [0.5, 0.6) is 0 Å². The number of Topliss-reactive ketones (excluding diaryl/α,β-unsaturated/α-hetero) is 1. The van der Waals surface area contributed by atoms with Crippen molar-refractivity contribution in [3.05, 3.63) is 95.6 Å². The Morgan fingerprint density at radius 3 is 2.50 bits per heavy atom.